The molecule has 1 saturated heterocycles. The summed E-state index contributed by atoms with van der Waals surface area (Å²) in [5.41, 5.74) is 1.09. The Morgan fingerprint density at radius 2 is 1.82 bits per heavy atom. The Morgan fingerprint density at radius 1 is 1.09 bits per heavy atom. The minimum absolute atomic E-state index is 0.0289. The van der Waals surface area contributed by atoms with Crippen molar-refractivity contribution in [3.8, 4) is 5.75 Å². The Bertz CT molecular complexity index is 1020. The van der Waals surface area contributed by atoms with Gasteiger partial charge in [0.2, 0.25) is 11.8 Å². The molecule has 0 unspecified atom stereocenters. The summed E-state index contributed by atoms with van der Waals surface area (Å²) in [7, 11) is 1.83. The lowest BCUT2D eigenvalue weighted by atomic mass is 9.90. The molecular weight excluding hydrogens is 416 g/mol. The van der Waals surface area contributed by atoms with E-state index in [4.69, 9.17) is 4.74 Å². The van der Waals surface area contributed by atoms with E-state index in [9.17, 15) is 9.59 Å². The van der Waals surface area contributed by atoms with Crippen LogP contribution < -0.4 is 4.74 Å². The topological polar surface area (TPSA) is 67.7 Å². The SMILES string of the molecule is CN(Cc1ccccc1)C(=O)C[C@H]1CN(C(=O)Cn2ccnc2)CC[C@@H]1Oc1ccccc1. The van der Waals surface area contributed by atoms with Crippen molar-refractivity contribution >= 4 is 11.8 Å². The van der Waals surface area contributed by atoms with Crippen molar-refractivity contribution in [1.82, 2.24) is 19.4 Å². The quantitative estimate of drug-likeness (QED) is 0.533. The molecule has 0 bridgehead atoms. The number of nitrogens with zero attached hydrogens (tertiary/aromatic N) is 4. The van der Waals surface area contributed by atoms with Gasteiger partial charge in [-0.15, -0.1) is 0 Å². The minimum atomic E-state index is -0.126. The molecule has 1 aliphatic rings. The van der Waals surface area contributed by atoms with Crippen LogP contribution in [0, 0.1) is 5.92 Å². The number of amides is 2. The monoisotopic (exact) mass is 446 g/mol. The fraction of sp³-hybridized carbons (Fsp3) is 0.346. The number of piperidine rings is 1. The van der Waals surface area contributed by atoms with Crippen LogP contribution in [0.1, 0.15) is 18.4 Å². The normalized spacial score (nSPS) is 18.0. The van der Waals surface area contributed by atoms with Crippen molar-refractivity contribution in [1.29, 1.82) is 0 Å². The van der Waals surface area contributed by atoms with Crippen LogP contribution in [0.15, 0.2) is 79.4 Å². The third-order valence-corrected chi connectivity index (χ3v) is 6.05. The number of carbonyl (C=O) groups excluding carboxylic acids is 2. The number of hydrogen-bond acceptors (Lipinski definition) is 4. The number of likely N-dealkylation sites (tertiary alicyclic amines) is 1. The molecule has 33 heavy (non-hydrogen) atoms. The zero-order valence-corrected chi connectivity index (χ0v) is 18.9. The van der Waals surface area contributed by atoms with Gasteiger partial charge in [-0.25, -0.2) is 4.98 Å². The molecule has 1 aliphatic heterocycles. The summed E-state index contributed by atoms with van der Waals surface area (Å²) in [6.45, 7) is 1.91. The van der Waals surface area contributed by atoms with E-state index in [0.29, 0.717) is 32.5 Å². The van der Waals surface area contributed by atoms with Gasteiger partial charge in [0.25, 0.3) is 0 Å². The van der Waals surface area contributed by atoms with Gasteiger partial charge in [-0.1, -0.05) is 48.5 Å². The molecule has 2 atom stereocenters. The maximum atomic E-state index is 13.1. The highest BCUT2D eigenvalue weighted by Gasteiger charge is 2.35. The van der Waals surface area contributed by atoms with Gasteiger partial charge < -0.3 is 19.1 Å². The second-order valence-corrected chi connectivity index (χ2v) is 8.53. The maximum Gasteiger partial charge on any atom is 0.242 e. The average molecular weight is 447 g/mol. The number of rotatable bonds is 8. The Morgan fingerprint density at radius 3 is 2.52 bits per heavy atom. The van der Waals surface area contributed by atoms with Gasteiger partial charge in [-0.05, 0) is 17.7 Å². The molecule has 0 saturated carbocycles. The molecule has 0 radical (unpaired) electrons. The van der Waals surface area contributed by atoms with Crippen LogP contribution in [-0.4, -0.2) is 57.4 Å². The predicted octanol–water partition coefficient (Wildman–Crippen LogP) is 3.23. The number of imidazole rings is 1. The molecule has 2 aromatic carbocycles. The van der Waals surface area contributed by atoms with Crippen molar-refractivity contribution in [3.05, 3.63) is 84.9 Å². The summed E-state index contributed by atoms with van der Waals surface area (Å²) in [5, 5.41) is 0. The molecule has 2 heterocycles. The molecule has 1 fully saturated rings. The van der Waals surface area contributed by atoms with Crippen LogP contribution in [0.5, 0.6) is 5.75 Å². The van der Waals surface area contributed by atoms with Crippen molar-refractivity contribution < 1.29 is 14.3 Å². The smallest absolute Gasteiger partial charge is 0.242 e. The van der Waals surface area contributed by atoms with E-state index < -0.39 is 0 Å². The number of para-hydroxylation sites is 1. The summed E-state index contributed by atoms with van der Waals surface area (Å²) < 4.78 is 8.04. The summed E-state index contributed by atoms with van der Waals surface area (Å²) in [6.07, 6.45) is 5.97. The summed E-state index contributed by atoms with van der Waals surface area (Å²) >= 11 is 0. The molecule has 4 rings (SSSR count). The predicted molar refractivity (Wildman–Crippen MR) is 125 cm³/mol. The second kappa shape index (κ2) is 10.8. The highest BCUT2D eigenvalue weighted by atomic mass is 16.5. The van der Waals surface area contributed by atoms with Gasteiger partial charge in [-0.2, -0.15) is 0 Å². The first-order valence-corrected chi connectivity index (χ1v) is 11.3. The highest BCUT2D eigenvalue weighted by Crippen LogP contribution is 2.26. The molecule has 2 amide bonds. The van der Waals surface area contributed by atoms with Crippen molar-refractivity contribution in [2.75, 3.05) is 20.1 Å². The Hall–Kier alpha value is -3.61. The highest BCUT2D eigenvalue weighted by molar-refractivity contribution is 5.77. The van der Waals surface area contributed by atoms with E-state index >= 15 is 0 Å². The molecular formula is C26H30N4O3. The number of carbonyl (C=O) groups is 2. The van der Waals surface area contributed by atoms with Crippen molar-refractivity contribution in [2.24, 2.45) is 5.92 Å². The van der Waals surface area contributed by atoms with E-state index in [1.54, 1.807) is 28.2 Å². The largest absolute Gasteiger partial charge is 0.490 e. The zero-order valence-electron chi connectivity index (χ0n) is 18.9. The van der Waals surface area contributed by atoms with E-state index in [1.165, 1.54) is 0 Å². The van der Waals surface area contributed by atoms with Gasteiger partial charge in [0.15, 0.2) is 0 Å². The zero-order chi connectivity index (χ0) is 23.0. The Balaban J connectivity index is 1.43. The van der Waals surface area contributed by atoms with Gasteiger partial charge >= 0.3 is 0 Å². The lowest BCUT2D eigenvalue weighted by molar-refractivity contribution is -0.139. The Labute approximate surface area is 194 Å². The first kappa shape index (κ1) is 22.6. The molecule has 7 heteroatoms. The number of ether oxygens (including phenoxy) is 1. The first-order valence-electron chi connectivity index (χ1n) is 11.3. The van der Waals surface area contributed by atoms with E-state index in [2.05, 4.69) is 4.98 Å². The molecule has 1 aromatic heterocycles. The van der Waals surface area contributed by atoms with Crippen LogP contribution in [-0.2, 0) is 22.7 Å². The lowest BCUT2D eigenvalue weighted by Gasteiger charge is -2.39. The standard InChI is InChI=1S/C26H30N4O3/c1-28(17-21-8-4-2-5-9-21)25(31)16-22-18-30(26(32)19-29-15-13-27-20-29)14-12-24(22)33-23-10-6-3-7-11-23/h2-11,13,15,20,22,24H,12,14,16-19H2,1H3/t22-,24-/m0/s1. The summed E-state index contributed by atoms with van der Waals surface area (Å²) in [6, 6.07) is 19.6. The average Bonchev–Trinajstić information content (AvgIpc) is 3.34. The number of aromatic nitrogens is 2. The lowest BCUT2D eigenvalue weighted by Crippen LogP contribution is -2.50. The van der Waals surface area contributed by atoms with Gasteiger partial charge in [-0.3, -0.25) is 9.59 Å². The van der Waals surface area contributed by atoms with Crippen LogP contribution >= 0.6 is 0 Å². The van der Waals surface area contributed by atoms with Crippen LogP contribution in [0.3, 0.4) is 0 Å². The number of hydrogen-bond donors (Lipinski definition) is 0. The molecule has 0 N–H and O–H groups in total. The molecule has 0 spiro atoms. The first-order chi connectivity index (χ1) is 16.1. The second-order valence-electron chi connectivity index (χ2n) is 8.53. The van der Waals surface area contributed by atoms with Crippen molar-refractivity contribution in [2.45, 2.75) is 32.0 Å². The molecule has 3 aromatic rings. The van der Waals surface area contributed by atoms with E-state index in [-0.39, 0.29) is 30.4 Å². The molecule has 0 aliphatic carbocycles. The molecule has 172 valence electrons. The number of benzene rings is 2. The van der Waals surface area contributed by atoms with Crippen LogP contribution in [0.4, 0.5) is 0 Å². The summed E-state index contributed by atoms with van der Waals surface area (Å²) in [4.78, 5) is 33.6. The minimum Gasteiger partial charge on any atom is -0.490 e. The van der Waals surface area contributed by atoms with E-state index in [0.717, 1.165) is 11.3 Å². The fourth-order valence-electron chi connectivity index (χ4n) is 4.22. The third kappa shape index (κ3) is 6.22. The summed E-state index contributed by atoms with van der Waals surface area (Å²) in [5.74, 6) is 0.780. The molecule has 7 nitrogen and oxygen atoms in total. The van der Waals surface area contributed by atoms with Crippen LogP contribution in [0.2, 0.25) is 0 Å². The van der Waals surface area contributed by atoms with Gasteiger partial charge in [0.1, 0.15) is 18.4 Å². The van der Waals surface area contributed by atoms with Crippen molar-refractivity contribution in [3.63, 3.8) is 0 Å². The third-order valence-electron chi connectivity index (χ3n) is 6.05. The van der Waals surface area contributed by atoms with E-state index in [1.807, 2.05) is 72.6 Å². The van der Waals surface area contributed by atoms with Crippen LogP contribution in [0.25, 0.3) is 0 Å². The fourth-order valence-corrected chi connectivity index (χ4v) is 4.22. The van der Waals surface area contributed by atoms with Gasteiger partial charge in [0.05, 0.1) is 6.33 Å². The maximum absolute atomic E-state index is 13.1. The Kier molecular flexibility index (Phi) is 7.40. The van der Waals surface area contributed by atoms with Gasteiger partial charge in [0, 0.05) is 57.8 Å².